The number of hydrogen-bond donors (Lipinski definition) is 1. The van der Waals surface area contributed by atoms with E-state index in [1.54, 1.807) is 20.3 Å². The second-order valence-corrected chi connectivity index (χ2v) is 7.83. The zero-order chi connectivity index (χ0) is 18.8. The van der Waals surface area contributed by atoms with Gasteiger partial charge in [0.05, 0.1) is 14.2 Å². The van der Waals surface area contributed by atoms with Crippen LogP contribution in [0.15, 0.2) is 18.2 Å². The van der Waals surface area contributed by atoms with E-state index in [1.807, 2.05) is 23.9 Å². The zero-order valence-corrected chi connectivity index (χ0v) is 17.1. The Bertz CT molecular complexity index is 546. The van der Waals surface area contributed by atoms with Gasteiger partial charge in [0.15, 0.2) is 0 Å². The molecule has 1 aliphatic rings. The van der Waals surface area contributed by atoms with Gasteiger partial charge in [-0.3, -0.25) is 4.79 Å². The van der Waals surface area contributed by atoms with Crippen molar-refractivity contribution in [1.29, 1.82) is 0 Å². The van der Waals surface area contributed by atoms with Gasteiger partial charge in [-0.15, -0.1) is 0 Å². The average molecular weight is 381 g/mol. The van der Waals surface area contributed by atoms with Gasteiger partial charge in [0.2, 0.25) is 5.91 Å². The topological polar surface area (TPSA) is 50.8 Å². The second-order valence-electron chi connectivity index (χ2n) is 6.84. The number of thioether (sulfide) groups is 1. The summed E-state index contributed by atoms with van der Waals surface area (Å²) in [6.07, 6.45) is 7.41. The molecular weight excluding hydrogens is 348 g/mol. The number of carbonyl (C=O) groups excluding carboxylic acids is 1. The zero-order valence-electron chi connectivity index (χ0n) is 16.3. The first-order valence-electron chi connectivity index (χ1n) is 9.38. The minimum atomic E-state index is 0.0554. The molecule has 1 aromatic rings. The van der Waals surface area contributed by atoms with Crippen LogP contribution >= 0.6 is 11.8 Å². The van der Waals surface area contributed by atoms with Crippen LogP contribution in [0.5, 0.6) is 11.5 Å². The maximum atomic E-state index is 12.3. The van der Waals surface area contributed by atoms with E-state index in [2.05, 4.69) is 16.5 Å². The van der Waals surface area contributed by atoms with Gasteiger partial charge in [0, 0.05) is 36.9 Å². The molecule has 6 heteroatoms. The summed E-state index contributed by atoms with van der Waals surface area (Å²) < 4.78 is 10.5. The highest BCUT2D eigenvalue weighted by atomic mass is 32.2. The van der Waals surface area contributed by atoms with Crippen LogP contribution in [0.25, 0.3) is 0 Å². The Labute approximate surface area is 161 Å². The third-order valence-corrected chi connectivity index (χ3v) is 5.54. The number of likely N-dealkylation sites (tertiary alicyclic amines) is 1. The lowest BCUT2D eigenvalue weighted by molar-refractivity contribution is -0.116. The molecule has 1 saturated heterocycles. The number of carbonyl (C=O) groups is 1. The van der Waals surface area contributed by atoms with Crippen LogP contribution in [-0.4, -0.2) is 56.7 Å². The highest BCUT2D eigenvalue weighted by Gasteiger charge is 2.20. The molecule has 1 unspecified atom stereocenters. The van der Waals surface area contributed by atoms with Gasteiger partial charge < -0.3 is 19.7 Å². The van der Waals surface area contributed by atoms with E-state index >= 15 is 0 Å². The molecule has 0 radical (unpaired) electrons. The van der Waals surface area contributed by atoms with Crippen molar-refractivity contribution >= 4 is 23.4 Å². The quantitative estimate of drug-likeness (QED) is 0.624. The van der Waals surface area contributed by atoms with Crippen molar-refractivity contribution in [1.82, 2.24) is 4.90 Å². The highest BCUT2D eigenvalue weighted by Crippen LogP contribution is 2.26. The van der Waals surface area contributed by atoms with Gasteiger partial charge in [-0.25, -0.2) is 0 Å². The van der Waals surface area contributed by atoms with Crippen LogP contribution in [0.3, 0.4) is 0 Å². The van der Waals surface area contributed by atoms with Crippen LogP contribution < -0.4 is 14.8 Å². The molecule has 1 heterocycles. The number of rotatable bonds is 10. The number of hydrogen-bond acceptors (Lipinski definition) is 5. The molecule has 26 heavy (non-hydrogen) atoms. The molecule has 146 valence electrons. The Morgan fingerprint density at radius 2 is 2.00 bits per heavy atom. The molecule has 0 aromatic heterocycles. The van der Waals surface area contributed by atoms with E-state index in [-0.39, 0.29) is 5.91 Å². The lowest BCUT2D eigenvalue weighted by Crippen LogP contribution is -2.36. The molecule has 0 spiro atoms. The van der Waals surface area contributed by atoms with Crippen LogP contribution in [0, 0.1) is 5.92 Å². The maximum absolute atomic E-state index is 12.3. The standard InChI is InChI=1S/C20H32N2O3S/c1-24-18-12-17(13-19(14-18)25-2)21-20(23)8-7-16-6-4-9-22(15-16)10-5-11-26-3/h12-14,16H,4-11,15H2,1-3H3,(H,21,23). The fraction of sp³-hybridized carbons (Fsp3) is 0.650. The van der Waals surface area contributed by atoms with Gasteiger partial charge >= 0.3 is 0 Å². The SMILES string of the molecule is COc1cc(NC(=O)CCC2CCCN(CCCSC)C2)cc(OC)c1. The Hall–Kier alpha value is -1.40. The summed E-state index contributed by atoms with van der Waals surface area (Å²) >= 11 is 1.91. The van der Waals surface area contributed by atoms with E-state index < -0.39 is 0 Å². The van der Waals surface area contributed by atoms with Crippen molar-refractivity contribution in [3.05, 3.63) is 18.2 Å². The first-order valence-corrected chi connectivity index (χ1v) is 10.8. The average Bonchev–Trinajstić information content (AvgIpc) is 2.66. The van der Waals surface area contributed by atoms with Crippen molar-refractivity contribution in [3.63, 3.8) is 0 Å². The molecule has 1 aromatic carbocycles. The number of methoxy groups -OCH3 is 2. The summed E-state index contributed by atoms with van der Waals surface area (Å²) in [6.45, 7) is 3.53. The molecule has 5 nitrogen and oxygen atoms in total. The normalized spacial score (nSPS) is 17.7. The smallest absolute Gasteiger partial charge is 0.224 e. The van der Waals surface area contributed by atoms with Crippen molar-refractivity contribution < 1.29 is 14.3 Å². The minimum Gasteiger partial charge on any atom is -0.497 e. The van der Waals surface area contributed by atoms with E-state index in [0.717, 1.165) is 13.0 Å². The van der Waals surface area contributed by atoms with Crippen molar-refractivity contribution in [3.8, 4) is 11.5 Å². The number of amides is 1. The number of anilines is 1. The molecule has 2 rings (SSSR count). The molecule has 0 aliphatic carbocycles. The predicted molar refractivity (Wildman–Crippen MR) is 110 cm³/mol. The third-order valence-electron chi connectivity index (χ3n) is 4.84. The lowest BCUT2D eigenvalue weighted by atomic mass is 9.93. The van der Waals surface area contributed by atoms with Gasteiger partial charge in [-0.2, -0.15) is 11.8 Å². The summed E-state index contributed by atoms with van der Waals surface area (Å²) in [6, 6.07) is 5.42. The summed E-state index contributed by atoms with van der Waals surface area (Å²) in [5.74, 6) is 3.26. The summed E-state index contributed by atoms with van der Waals surface area (Å²) in [5, 5.41) is 2.97. The van der Waals surface area contributed by atoms with Crippen LogP contribution in [0.2, 0.25) is 0 Å². The molecule has 1 amide bonds. The Morgan fingerprint density at radius 1 is 1.27 bits per heavy atom. The fourth-order valence-corrected chi connectivity index (χ4v) is 3.88. The Kier molecular flexibility index (Phi) is 9.12. The second kappa shape index (κ2) is 11.3. The predicted octanol–water partition coefficient (Wildman–Crippen LogP) is 3.89. The van der Waals surface area contributed by atoms with E-state index in [9.17, 15) is 4.79 Å². The van der Waals surface area contributed by atoms with E-state index in [0.29, 0.717) is 29.5 Å². The molecule has 1 N–H and O–H groups in total. The molecule has 1 atom stereocenters. The number of ether oxygens (including phenoxy) is 2. The maximum Gasteiger partial charge on any atom is 0.224 e. The number of nitrogens with one attached hydrogen (secondary N) is 1. The molecular formula is C20H32N2O3S. The molecule has 1 aliphatic heterocycles. The molecule has 0 saturated carbocycles. The van der Waals surface area contributed by atoms with Gasteiger partial charge in [-0.05, 0) is 56.7 Å². The fourth-order valence-electron chi connectivity index (χ4n) is 3.46. The van der Waals surface area contributed by atoms with E-state index in [1.165, 1.54) is 38.1 Å². The monoisotopic (exact) mass is 380 g/mol. The Balaban J connectivity index is 1.77. The first-order chi connectivity index (χ1) is 12.6. The first kappa shape index (κ1) is 20.9. The summed E-state index contributed by atoms with van der Waals surface area (Å²) in [5.41, 5.74) is 0.716. The molecule has 0 bridgehead atoms. The summed E-state index contributed by atoms with van der Waals surface area (Å²) in [7, 11) is 3.21. The number of piperidine rings is 1. The van der Waals surface area contributed by atoms with Crippen LogP contribution in [0.1, 0.15) is 32.1 Å². The number of benzene rings is 1. The Morgan fingerprint density at radius 3 is 2.65 bits per heavy atom. The minimum absolute atomic E-state index is 0.0554. The largest absolute Gasteiger partial charge is 0.497 e. The van der Waals surface area contributed by atoms with Crippen molar-refractivity contribution in [2.24, 2.45) is 5.92 Å². The number of nitrogens with zero attached hydrogens (tertiary/aromatic N) is 1. The van der Waals surface area contributed by atoms with Gasteiger partial charge in [-0.1, -0.05) is 0 Å². The highest BCUT2D eigenvalue weighted by molar-refractivity contribution is 7.98. The van der Waals surface area contributed by atoms with E-state index in [4.69, 9.17) is 9.47 Å². The van der Waals surface area contributed by atoms with Gasteiger partial charge in [0.1, 0.15) is 11.5 Å². The van der Waals surface area contributed by atoms with Crippen LogP contribution in [0.4, 0.5) is 5.69 Å². The van der Waals surface area contributed by atoms with Crippen LogP contribution in [-0.2, 0) is 4.79 Å². The summed E-state index contributed by atoms with van der Waals surface area (Å²) in [4.78, 5) is 14.9. The lowest BCUT2D eigenvalue weighted by Gasteiger charge is -2.32. The van der Waals surface area contributed by atoms with Crippen molar-refractivity contribution in [2.75, 3.05) is 51.2 Å². The van der Waals surface area contributed by atoms with Gasteiger partial charge in [0.25, 0.3) is 0 Å². The molecule has 1 fully saturated rings. The third kappa shape index (κ3) is 7.08. The van der Waals surface area contributed by atoms with Crippen molar-refractivity contribution in [2.45, 2.75) is 32.1 Å².